The van der Waals surface area contributed by atoms with Crippen molar-refractivity contribution in [2.75, 3.05) is 20.1 Å². The molecule has 0 bridgehead atoms. The number of hydrogen-bond donors (Lipinski definition) is 2. The zero-order valence-electron chi connectivity index (χ0n) is 20.8. The van der Waals surface area contributed by atoms with E-state index in [4.69, 9.17) is 11.6 Å². The molecule has 1 atom stereocenters. The largest absolute Gasteiger partial charge is 0.573 e. The second kappa shape index (κ2) is 10.9. The monoisotopic (exact) mass is 537 g/mol. The lowest BCUT2D eigenvalue weighted by molar-refractivity contribution is -0.274. The number of hydrogen-bond acceptors (Lipinski definition) is 4. The molecule has 6 nitrogen and oxygen atoms in total. The molecule has 2 amide bonds. The van der Waals surface area contributed by atoms with E-state index < -0.39 is 17.8 Å². The van der Waals surface area contributed by atoms with Gasteiger partial charge in [-0.15, -0.1) is 13.2 Å². The number of rotatable bonds is 8. The van der Waals surface area contributed by atoms with Gasteiger partial charge in [-0.1, -0.05) is 29.8 Å². The summed E-state index contributed by atoms with van der Waals surface area (Å²) in [5.41, 5.74) is 1.56. The Balaban J connectivity index is 1.53. The number of piperidine rings is 1. The molecule has 0 aromatic heterocycles. The average molecular weight is 538 g/mol. The molecular weight excluding hydrogens is 507 g/mol. The lowest BCUT2D eigenvalue weighted by Gasteiger charge is -2.35. The fourth-order valence-corrected chi connectivity index (χ4v) is 5.19. The molecule has 1 saturated heterocycles. The Hall–Kier alpha value is -2.78. The van der Waals surface area contributed by atoms with E-state index in [0.29, 0.717) is 49.0 Å². The Labute approximate surface area is 219 Å². The third-order valence-corrected chi connectivity index (χ3v) is 7.61. The molecular formula is C27H31ClF3N3O3. The fourth-order valence-electron chi connectivity index (χ4n) is 4.96. The number of nitrogens with zero attached hydrogens (tertiary/aromatic N) is 1. The van der Waals surface area contributed by atoms with Gasteiger partial charge in [0.2, 0.25) is 11.8 Å². The van der Waals surface area contributed by atoms with Crippen LogP contribution in [0, 0.1) is 6.92 Å². The summed E-state index contributed by atoms with van der Waals surface area (Å²) in [7, 11) is 1.91. The number of ether oxygens (including phenoxy) is 1. The molecule has 1 aliphatic carbocycles. The number of benzene rings is 2. The molecule has 37 heavy (non-hydrogen) atoms. The summed E-state index contributed by atoms with van der Waals surface area (Å²) in [5, 5.41) is 6.84. The molecule has 0 unspecified atom stereocenters. The number of nitrogens with one attached hydrogen (secondary N) is 2. The number of halogens is 4. The summed E-state index contributed by atoms with van der Waals surface area (Å²) in [6, 6.07) is 10.4. The van der Waals surface area contributed by atoms with Crippen LogP contribution < -0.4 is 15.4 Å². The molecule has 2 aromatic rings. The van der Waals surface area contributed by atoms with Crippen molar-refractivity contribution >= 4 is 23.4 Å². The zero-order chi connectivity index (χ0) is 26.8. The Bertz CT molecular complexity index is 1130. The number of amides is 2. The Morgan fingerprint density at radius 3 is 2.32 bits per heavy atom. The van der Waals surface area contributed by atoms with Crippen LogP contribution in [-0.4, -0.2) is 55.3 Å². The first-order valence-corrected chi connectivity index (χ1v) is 12.8. The molecule has 1 saturated carbocycles. The van der Waals surface area contributed by atoms with E-state index in [0.717, 1.165) is 24.0 Å². The predicted octanol–water partition coefficient (Wildman–Crippen LogP) is 4.52. The highest BCUT2D eigenvalue weighted by Crippen LogP contribution is 2.49. The molecule has 2 aromatic carbocycles. The molecule has 10 heteroatoms. The fraction of sp³-hybridized carbons (Fsp3) is 0.481. The van der Waals surface area contributed by atoms with Gasteiger partial charge in [-0.3, -0.25) is 9.59 Å². The summed E-state index contributed by atoms with van der Waals surface area (Å²) in [6.45, 7) is 3.11. The zero-order valence-corrected chi connectivity index (χ0v) is 21.6. The maximum Gasteiger partial charge on any atom is 0.573 e. The third-order valence-electron chi connectivity index (χ3n) is 7.37. The molecule has 2 aliphatic rings. The van der Waals surface area contributed by atoms with Crippen molar-refractivity contribution < 1.29 is 27.5 Å². The van der Waals surface area contributed by atoms with Crippen molar-refractivity contribution in [3.8, 4) is 5.75 Å². The van der Waals surface area contributed by atoms with Crippen LogP contribution in [0.2, 0.25) is 5.02 Å². The van der Waals surface area contributed by atoms with Crippen LogP contribution in [0.1, 0.15) is 42.4 Å². The van der Waals surface area contributed by atoms with E-state index in [2.05, 4.69) is 15.4 Å². The average Bonchev–Trinajstić information content (AvgIpc) is 3.66. The van der Waals surface area contributed by atoms with E-state index in [9.17, 15) is 22.8 Å². The number of carbonyl (C=O) groups is 2. The molecule has 200 valence electrons. The molecule has 1 aliphatic heterocycles. The Morgan fingerprint density at radius 1 is 1.14 bits per heavy atom. The second-order valence-corrected chi connectivity index (χ2v) is 10.3. The summed E-state index contributed by atoms with van der Waals surface area (Å²) in [4.78, 5) is 29.0. The smallest absolute Gasteiger partial charge is 0.406 e. The highest BCUT2D eigenvalue weighted by atomic mass is 35.5. The lowest BCUT2D eigenvalue weighted by atomic mass is 9.93. The summed E-state index contributed by atoms with van der Waals surface area (Å²) >= 11 is 6.11. The van der Waals surface area contributed by atoms with Gasteiger partial charge >= 0.3 is 6.36 Å². The second-order valence-electron chi connectivity index (χ2n) is 9.84. The van der Waals surface area contributed by atoms with Gasteiger partial charge in [-0.25, -0.2) is 0 Å². The highest BCUT2D eigenvalue weighted by Gasteiger charge is 2.52. The molecule has 0 radical (unpaired) electrons. The van der Waals surface area contributed by atoms with Crippen molar-refractivity contribution in [2.45, 2.75) is 62.9 Å². The van der Waals surface area contributed by atoms with Gasteiger partial charge in [0.1, 0.15) is 11.8 Å². The summed E-state index contributed by atoms with van der Waals surface area (Å²) < 4.78 is 41.5. The minimum Gasteiger partial charge on any atom is -0.406 e. The number of likely N-dealkylation sites (tertiary alicyclic amines) is 1. The van der Waals surface area contributed by atoms with Gasteiger partial charge < -0.3 is 20.3 Å². The lowest BCUT2D eigenvalue weighted by Crippen LogP contribution is -2.54. The van der Waals surface area contributed by atoms with Gasteiger partial charge in [0, 0.05) is 30.6 Å². The molecule has 0 spiro atoms. The van der Waals surface area contributed by atoms with Crippen LogP contribution in [0.25, 0.3) is 0 Å². The van der Waals surface area contributed by atoms with Gasteiger partial charge in [0.15, 0.2) is 0 Å². The van der Waals surface area contributed by atoms with Crippen molar-refractivity contribution in [2.24, 2.45) is 0 Å². The quantitative estimate of drug-likeness (QED) is 0.519. The number of alkyl halides is 3. The minimum absolute atomic E-state index is 0.137. The summed E-state index contributed by atoms with van der Waals surface area (Å²) in [6.07, 6.45) is -1.71. The first kappa shape index (κ1) is 27.3. The van der Waals surface area contributed by atoms with Crippen LogP contribution in [0.5, 0.6) is 5.75 Å². The normalized spacial score (nSPS) is 18.3. The van der Waals surface area contributed by atoms with Crippen molar-refractivity contribution in [1.29, 1.82) is 0 Å². The van der Waals surface area contributed by atoms with Crippen molar-refractivity contribution in [1.82, 2.24) is 15.5 Å². The van der Waals surface area contributed by atoms with Crippen molar-refractivity contribution in [3.63, 3.8) is 0 Å². The van der Waals surface area contributed by atoms with Gasteiger partial charge in [-0.2, -0.15) is 0 Å². The predicted molar refractivity (Wildman–Crippen MR) is 135 cm³/mol. The number of carbonyl (C=O) groups excluding carboxylic acids is 2. The van der Waals surface area contributed by atoms with E-state index in [-0.39, 0.29) is 17.6 Å². The first-order chi connectivity index (χ1) is 17.5. The van der Waals surface area contributed by atoms with Crippen LogP contribution >= 0.6 is 11.6 Å². The molecule has 1 heterocycles. The van der Waals surface area contributed by atoms with Crippen LogP contribution in [0.15, 0.2) is 42.5 Å². The maximum atomic E-state index is 13.6. The van der Waals surface area contributed by atoms with E-state index >= 15 is 0 Å². The van der Waals surface area contributed by atoms with Crippen LogP contribution in [-0.2, 0) is 21.4 Å². The van der Waals surface area contributed by atoms with E-state index in [1.165, 1.54) is 24.3 Å². The van der Waals surface area contributed by atoms with Gasteiger partial charge in [0.05, 0.1) is 5.41 Å². The maximum absolute atomic E-state index is 13.6. The van der Waals surface area contributed by atoms with Gasteiger partial charge in [-0.05, 0) is 80.6 Å². The number of aryl methyl sites for hydroxylation is 1. The van der Waals surface area contributed by atoms with E-state index in [1.54, 1.807) is 11.0 Å². The Kier molecular flexibility index (Phi) is 8.04. The topological polar surface area (TPSA) is 70.7 Å². The molecule has 2 N–H and O–H groups in total. The highest BCUT2D eigenvalue weighted by molar-refractivity contribution is 6.30. The minimum atomic E-state index is -4.79. The summed E-state index contributed by atoms with van der Waals surface area (Å²) in [5.74, 6) is -0.780. The van der Waals surface area contributed by atoms with Crippen LogP contribution in [0.4, 0.5) is 13.2 Å². The first-order valence-electron chi connectivity index (χ1n) is 12.4. The molecule has 2 fully saturated rings. The third kappa shape index (κ3) is 6.57. The Morgan fingerprint density at radius 2 is 1.78 bits per heavy atom. The van der Waals surface area contributed by atoms with Gasteiger partial charge in [0.25, 0.3) is 0 Å². The van der Waals surface area contributed by atoms with Crippen molar-refractivity contribution in [3.05, 3.63) is 64.2 Å². The SMILES string of the molecule is CNC1CCN(C(=O)[C@H](Cc2ccc(Cl)cc2C)NC(=O)C2(c3ccc(OC(F)(F)F)cc3)CC2)CC1. The molecule has 4 rings (SSSR count). The van der Waals surface area contributed by atoms with E-state index in [1.807, 2.05) is 26.1 Å². The standard InChI is InChI=1S/C27H31ClF3N3O3/c1-17-15-20(28)6-3-18(17)16-23(24(35)34-13-9-21(32-2)10-14-34)33-25(36)26(11-12-26)19-4-7-22(8-5-19)37-27(29,30)31/h3-8,15,21,23,32H,9-14,16H2,1-2H3,(H,33,36)/t23-/m0/s1. The van der Waals surface area contributed by atoms with Crippen LogP contribution in [0.3, 0.4) is 0 Å².